The van der Waals surface area contributed by atoms with Gasteiger partial charge in [0.1, 0.15) is 18.1 Å². The zero-order valence-electron chi connectivity index (χ0n) is 13.8. The smallest absolute Gasteiger partial charge is 0.331 e. The number of rotatable bonds is 6. The molecule has 2 rings (SSSR count). The molecule has 0 radical (unpaired) electrons. The highest BCUT2D eigenvalue weighted by Gasteiger charge is 2.11. The van der Waals surface area contributed by atoms with Crippen molar-refractivity contribution in [3.63, 3.8) is 0 Å². The van der Waals surface area contributed by atoms with Crippen LogP contribution in [-0.2, 0) is 16.1 Å². The first-order valence-electron chi connectivity index (χ1n) is 7.32. The monoisotopic (exact) mass is 401 g/mol. The van der Waals surface area contributed by atoms with Crippen molar-refractivity contribution in [2.24, 2.45) is 0 Å². The molecule has 0 aliphatic heterocycles. The van der Waals surface area contributed by atoms with Crippen LogP contribution in [0.1, 0.15) is 16.7 Å². The predicted octanol–water partition coefficient (Wildman–Crippen LogP) is 4.09. The molecule has 25 heavy (non-hydrogen) atoms. The molecule has 0 unspecified atom stereocenters. The fourth-order valence-electron chi connectivity index (χ4n) is 2.07. The van der Waals surface area contributed by atoms with E-state index in [2.05, 4.69) is 15.9 Å². The normalized spacial score (nSPS) is 10.3. The maximum atomic E-state index is 11.9. The molecule has 0 amide bonds. The molecule has 0 spiro atoms. The minimum atomic E-state index is -0.478. The number of nitriles is 1. The van der Waals surface area contributed by atoms with Crippen molar-refractivity contribution < 1.29 is 19.0 Å². The summed E-state index contributed by atoms with van der Waals surface area (Å²) in [5, 5.41) is 8.76. The van der Waals surface area contributed by atoms with Crippen molar-refractivity contribution in [2.75, 3.05) is 14.2 Å². The lowest BCUT2D eigenvalue weighted by atomic mass is 10.1. The van der Waals surface area contributed by atoms with Gasteiger partial charge < -0.3 is 14.2 Å². The number of carbonyl (C=O) groups excluding carboxylic acids is 1. The Morgan fingerprint density at radius 2 is 1.84 bits per heavy atom. The molecule has 0 aliphatic rings. The van der Waals surface area contributed by atoms with Gasteiger partial charge in [0.05, 0.1) is 30.3 Å². The lowest BCUT2D eigenvalue weighted by molar-refractivity contribution is -0.138. The number of nitrogens with zero attached hydrogens (tertiary/aromatic N) is 1. The van der Waals surface area contributed by atoms with E-state index in [1.165, 1.54) is 6.08 Å². The minimum Gasteiger partial charge on any atom is -0.496 e. The van der Waals surface area contributed by atoms with E-state index in [0.29, 0.717) is 22.6 Å². The van der Waals surface area contributed by atoms with Gasteiger partial charge >= 0.3 is 5.97 Å². The lowest BCUT2D eigenvalue weighted by Crippen LogP contribution is -2.03. The van der Waals surface area contributed by atoms with Gasteiger partial charge in [-0.05, 0) is 51.8 Å². The summed E-state index contributed by atoms with van der Waals surface area (Å²) >= 11 is 3.38. The molecule has 6 heteroatoms. The molecular weight excluding hydrogens is 386 g/mol. The molecule has 5 nitrogen and oxygen atoms in total. The molecule has 0 aliphatic carbocycles. The highest BCUT2D eigenvalue weighted by atomic mass is 79.9. The summed E-state index contributed by atoms with van der Waals surface area (Å²) in [5.74, 6) is 0.741. The van der Waals surface area contributed by atoms with Gasteiger partial charge in [-0.15, -0.1) is 0 Å². The van der Waals surface area contributed by atoms with Crippen LogP contribution >= 0.6 is 15.9 Å². The summed E-state index contributed by atoms with van der Waals surface area (Å²) in [4.78, 5) is 11.9. The van der Waals surface area contributed by atoms with Crippen LogP contribution < -0.4 is 9.47 Å². The minimum absolute atomic E-state index is 0.0589. The number of carbonyl (C=O) groups is 1. The van der Waals surface area contributed by atoms with Crippen LogP contribution in [0.4, 0.5) is 0 Å². The van der Waals surface area contributed by atoms with Gasteiger partial charge in [0, 0.05) is 11.6 Å². The second kappa shape index (κ2) is 8.90. The summed E-state index contributed by atoms with van der Waals surface area (Å²) in [6, 6.07) is 12.4. The maximum absolute atomic E-state index is 11.9. The van der Waals surface area contributed by atoms with Gasteiger partial charge in [-0.2, -0.15) is 5.26 Å². The van der Waals surface area contributed by atoms with Crippen molar-refractivity contribution in [3.8, 4) is 17.6 Å². The van der Waals surface area contributed by atoms with E-state index in [0.717, 1.165) is 10.0 Å². The molecule has 2 aromatic rings. The van der Waals surface area contributed by atoms with Gasteiger partial charge in [-0.1, -0.05) is 12.1 Å². The first-order chi connectivity index (χ1) is 12.1. The Morgan fingerprint density at radius 1 is 1.16 bits per heavy atom. The van der Waals surface area contributed by atoms with Crippen LogP contribution in [0, 0.1) is 11.3 Å². The van der Waals surface area contributed by atoms with Crippen LogP contribution in [0.3, 0.4) is 0 Å². The summed E-state index contributed by atoms with van der Waals surface area (Å²) in [5.41, 5.74) is 2.07. The fraction of sp³-hybridized carbons (Fsp3) is 0.158. The molecule has 0 atom stereocenters. The zero-order chi connectivity index (χ0) is 18.2. The fourth-order valence-corrected chi connectivity index (χ4v) is 2.55. The van der Waals surface area contributed by atoms with E-state index in [1.807, 2.05) is 6.07 Å². The lowest BCUT2D eigenvalue weighted by Gasteiger charge is -2.12. The molecule has 128 valence electrons. The SMILES string of the molecule is COc1cc(COC(=O)/C=C/c2ccc(C#N)cc2)c(OC)cc1Br. The third kappa shape index (κ3) is 5.10. The highest BCUT2D eigenvalue weighted by molar-refractivity contribution is 9.10. The van der Waals surface area contributed by atoms with Gasteiger partial charge in [0.25, 0.3) is 0 Å². The number of esters is 1. The van der Waals surface area contributed by atoms with Crippen LogP contribution in [0.2, 0.25) is 0 Å². The van der Waals surface area contributed by atoms with Gasteiger partial charge in [0.2, 0.25) is 0 Å². The van der Waals surface area contributed by atoms with E-state index >= 15 is 0 Å². The van der Waals surface area contributed by atoms with Crippen LogP contribution in [0.25, 0.3) is 6.08 Å². The largest absolute Gasteiger partial charge is 0.496 e. The molecule has 0 aromatic heterocycles. The van der Waals surface area contributed by atoms with E-state index < -0.39 is 5.97 Å². The summed E-state index contributed by atoms with van der Waals surface area (Å²) in [7, 11) is 3.10. The number of benzene rings is 2. The van der Waals surface area contributed by atoms with E-state index in [9.17, 15) is 4.79 Å². The standard InChI is InChI=1S/C19H16BrNO4/c1-23-17-10-16(20)18(24-2)9-15(17)12-25-19(22)8-7-13-3-5-14(11-21)6-4-13/h3-10H,12H2,1-2H3/b8-7+. The average molecular weight is 402 g/mol. The molecule has 0 N–H and O–H groups in total. The van der Waals surface area contributed by atoms with Crippen molar-refractivity contribution >= 4 is 28.0 Å². The summed E-state index contributed by atoms with van der Waals surface area (Å²) < 4.78 is 16.5. The van der Waals surface area contributed by atoms with Crippen molar-refractivity contribution in [1.82, 2.24) is 0 Å². The van der Waals surface area contributed by atoms with E-state index in [1.54, 1.807) is 56.7 Å². The summed E-state index contributed by atoms with van der Waals surface area (Å²) in [6.07, 6.45) is 2.97. The number of hydrogen-bond donors (Lipinski definition) is 0. The number of methoxy groups -OCH3 is 2. The highest BCUT2D eigenvalue weighted by Crippen LogP contribution is 2.33. The van der Waals surface area contributed by atoms with Crippen LogP contribution in [-0.4, -0.2) is 20.2 Å². The Bertz CT molecular complexity index is 823. The first-order valence-corrected chi connectivity index (χ1v) is 8.12. The topological polar surface area (TPSA) is 68.5 Å². The van der Waals surface area contributed by atoms with Crippen LogP contribution in [0.15, 0.2) is 46.9 Å². The molecule has 0 fully saturated rings. The van der Waals surface area contributed by atoms with Crippen molar-refractivity contribution in [3.05, 3.63) is 63.6 Å². The maximum Gasteiger partial charge on any atom is 0.331 e. The first kappa shape index (κ1) is 18.6. The summed E-state index contributed by atoms with van der Waals surface area (Å²) in [6.45, 7) is 0.0589. The molecule has 2 aromatic carbocycles. The Balaban J connectivity index is 2.01. The quantitative estimate of drug-likeness (QED) is 0.538. The van der Waals surface area contributed by atoms with Gasteiger partial charge in [-0.3, -0.25) is 0 Å². The second-order valence-electron chi connectivity index (χ2n) is 4.97. The third-order valence-corrected chi connectivity index (χ3v) is 4.00. The number of ether oxygens (including phenoxy) is 3. The Kier molecular flexibility index (Phi) is 6.61. The third-order valence-electron chi connectivity index (χ3n) is 3.38. The van der Waals surface area contributed by atoms with Crippen LogP contribution in [0.5, 0.6) is 11.5 Å². The molecule has 0 bridgehead atoms. The van der Waals surface area contributed by atoms with Crippen molar-refractivity contribution in [1.29, 1.82) is 5.26 Å². The van der Waals surface area contributed by atoms with Gasteiger partial charge in [0.15, 0.2) is 0 Å². The second-order valence-corrected chi connectivity index (χ2v) is 5.83. The molecule has 0 heterocycles. The Morgan fingerprint density at radius 3 is 2.44 bits per heavy atom. The Labute approximate surface area is 154 Å². The molecular formula is C19H16BrNO4. The Hall–Kier alpha value is -2.78. The zero-order valence-corrected chi connectivity index (χ0v) is 15.4. The van der Waals surface area contributed by atoms with E-state index in [-0.39, 0.29) is 6.61 Å². The number of hydrogen-bond acceptors (Lipinski definition) is 5. The van der Waals surface area contributed by atoms with Gasteiger partial charge in [-0.25, -0.2) is 4.79 Å². The number of halogens is 1. The predicted molar refractivity (Wildman–Crippen MR) is 97.2 cm³/mol. The molecule has 0 saturated heterocycles. The van der Waals surface area contributed by atoms with Crippen molar-refractivity contribution in [2.45, 2.75) is 6.61 Å². The van der Waals surface area contributed by atoms with E-state index in [4.69, 9.17) is 19.5 Å². The average Bonchev–Trinajstić information content (AvgIpc) is 2.65. The molecule has 0 saturated carbocycles.